The summed E-state index contributed by atoms with van der Waals surface area (Å²) >= 11 is 0. The Kier molecular flexibility index (Phi) is 8.28. The van der Waals surface area contributed by atoms with Crippen molar-refractivity contribution in [3.8, 4) is 5.75 Å². The van der Waals surface area contributed by atoms with Crippen molar-refractivity contribution in [2.24, 2.45) is 5.92 Å². The number of benzene rings is 1. The van der Waals surface area contributed by atoms with Gasteiger partial charge in [-0.25, -0.2) is 0 Å². The van der Waals surface area contributed by atoms with Crippen LogP contribution in [0.15, 0.2) is 24.3 Å². The zero-order valence-electron chi connectivity index (χ0n) is 13.4. The molecule has 22 heavy (non-hydrogen) atoms. The van der Waals surface area contributed by atoms with E-state index in [0.29, 0.717) is 12.3 Å². The second-order valence-corrected chi connectivity index (χ2v) is 5.92. The van der Waals surface area contributed by atoms with E-state index in [9.17, 15) is 4.79 Å². The van der Waals surface area contributed by atoms with E-state index < -0.39 is 0 Å². The van der Waals surface area contributed by atoms with Crippen molar-refractivity contribution in [2.75, 3.05) is 20.2 Å². The number of carbonyl (C=O) groups is 1. The van der Waals surface area contributed by atoms with E-state index in [2.05, 4.69) is 23.6 Å². The molecule has 5 heteroatoms. The molecule has 1 aliphatic rings. The van der Waals surface area contributed by atoms with Gasteiger partial charge in [0.05, 0.1) is 7.11 Å². The van der Waals surface area contributed by atoms with Gasteiger partial charge in [-0.05, 0) is 62.9 Å². The fourth-order valence-electron chi connectivity index (χ4n) is 2.85. The van der Waals surface area contributed by atoms with Crippen LogP contribution < -0.4 is 15.4 Å². The first-order valence-corrected chi connectivity index (χ1v) is 7.80. The highest BCUT2D eigenvalue weighted by Crippen LogP contribution is 2.15. The van der Waals surface area contributed by atoms with Crippen LogP contribution >= 0.6 is 12.4 Å². The number of carbonyl (C=O) groups excluding carboxylic acids is 1. The quantitative estimate of drug-likeness (QED) is 0.809. The molecular formula is C17H27ClN2O2. The van der Waals surface area contributed by atoms with Crippen LogP contribution in [0.2, 0.25) is 0 Å². The molecule has 1 heterocycles. The lowest BCUT2D eigenvalue weighted by Crippen LogP contribution is -2.34. The van der Waals surface area contributed by atoms with Crippen molar-refractivity contribution in [3.05, 3.63) is 29.8 Å². The molecule has 0 saturated carbocycles. The maximum absolute atomic E-state index is 12.0. The number of halogens is 1. The van der Waals surface area contributed by atoms with Crippen molar-refractivity contribution in [1.82, 2.24) is 10.6 Å². The Morgan fingerprint density at radius 3 is 3.00 bits per heavy atom. The molecule has 1 fully saturated rings. The van der Waals surface area contributed by atoms with Crippen molar-refractivity contribution in [2.45, 2.75) is 38.6 Å². The molecule has 0 spiro atoms. The van der Waals surface area contributed by atoms with Crippen molar-refractivity contribution in [3.63, 3.8) is 0 Å². The Labute approximate surface area is 139 Å². The predicted octanol–water partition coefficient (Wildman–Crippen LogP) is 2.55. The number of methoxy groups -OCH3 is 1. The monoisotopic (exact) mass is 326 g/mol. The lowest BCUT2D eigenvalue weighted by Gasteiger charge is -2.15. The summed E-state index contributed by atoms with van der Waals surface area (Å²) in [6, 6.07) is 8.15. The van der Waals surface area contributed by atoms with Gasteiger partial charge in [0.15, 0.2) is 0 Å². The zero-order chi connectivity index (χ0) is 15.1. The first-order valence-electron chi connectivity index (χ1n) is 7.80. The number of ether oxygens (including phenoxy) is 1. The molecule has 0 radical (unpaired) electrons. The highest BCUT2D eigenvalue weighted by Gasteiger charge is 2.16. The Bertz CT molecular complexity index is 462. The summed E-state index contributed by atoms with van der Waals surface area (Å²) in [6.45, 7) is 4.21. The molecule has 1 amide bonds. The average Bonchev–Trinajstić information content (AvgIpc) is 2.98. The van der Waals surface area contributed by atoms with Gasteiger partial charge in [0.2, 0.25) is 5.91 Å². The predicted molar refractivity (Wildman–Crippen MR) is 91.8 cm³/mol. The molecule has 4 nitrogen and oxygen atoms in total. The lowest BCUT2D eigenvalue weighted by molar-refractivity contribution is -0.121. The van der Waals surface area contributed by atoms with Crippen LogP contribution in [-0.2, 0) is 11.2 Å². The smallest absolute Gasteiger partial charge is 0.220 e. The van der Waals surface area contributed by atoms with Gasteiger partial charge in [0.25, 0.3) is 0 Å². The van der Waals surface area contributed by atoms with E-state index in [0.717, 1.165) is 31.7 Å². The molecule has 1 saturated heterocycles. The fourth-order valence-corrected chi connectivity index (χ4v) is 2.85. The molecule has 2 rings (SSSR count). The van der Waals surface area contributed by atoms with E-state index >= 15 is 0 Å². The third-order valence-electron chi connectivity index (χ3n) is 4.03. The molecular weight excluding hydrogens is 300 g/mol. The van der Waals surface area contributed by atoms with E-state index in [1.54, 1.807) is 7.11 Å². The topological polar surface area (TPSA) is 50.4 Å². The van der Waals surface area contributed by atoms with Crippen molar-refractivity contribution >= 4 is 18.3 Å². The summed E-state index contributed by atoms with van der Waals surface area (Å²) in [5.41, 5.74) is 1.18. The van der Waals surface area contributed by atoms with E-state index in [1.807, 2.05) is 18.2 Å². The largest absolute Gasteiger partial charge is 0.497 e. The van der Waals surface area contributed by atoms with Crippen LogP contribution in [0.4, 0.5) is 0 Å². The Hall–Kier alpha value is -1.26. The summed E-state index contributed by atoms with van der Waals surface area (Å²) in [4.78, 5) is 12.0. The average molecular weight is 327 g/mol. The van der Waals surface area contributed by atoms with Crippen LogP contribution in [0.3, 0.4) is 0 Å². The van der Waals surface area contributed by atoms with E-state index in [-0.39, 0.29) is 24.4 Å². The Morgan fingerprint density at radius 2 is 2.32 bits per heavy atom. The minimum absolute atomic E-state index is 0. The third-order valence-corrected chi connectivity index (χ3v) is 4.03. The van der Waals surface area contributed by atoms with Gasteiger partial charge in [0.1, 0.15) is 5.75 Å². The summed E-state index contributed by atoms with van der Waals surface area (Å²) in [7, 11) is 1.67. The summed E-state index contributed by atoms with van der Waals surface area (Å²) in [6.07, 6.45) is 3.65. The van der Waals surface area contributed by atoms with Crippen molar-refractivity contribution < 1.29 is 9.53 Å². The number of nitrogens with one attached hydrogen (secondary N) is 2. The van der Waals surface area contributed by atoms with Gasteiger partial charge >= 0.3 is 0 Å². The SMILES string of the molecule is COc1cccc(CC(C)NC(=O)CCC2CCNC2)c1.Cl. The molecule has 1 aromatic rings. The summed E-state index contributed by atoms with van der Waals surface area (Å²) < 4.78 is 5.22. The zero-order valence-corrected chi connectivity index (χ0v) is 14.2. The summed E-state index contributed by atoms with van der Waals surface area (Å²) in [5, 5.41) is 6.43. The minimum Gasteiger partial charge on any atom is -0.497 e. The third kappa shape index (κ3) is 6.24. The molecule has 2 atom stereocenters. The molecule has 2 N–H and O–H groups in total. The Morgan fingerprint density at radius 1 is 1.50 bits per heavy atom. The lowest BCUT2D eigenvalue weighted by atomic mass is 10.0. The van der Waals surface area contributed by atoms with Gasteiger partial charge in [0, 0.05) is 12.5 Å². The van der Waals surface area contributed by atoms with Crippen LogP contribution in [0, 0.1) is 5.92 Å². The number of hydrogen-bond acceptors (Lipinski definition) is 3. The van der Waals surface area contributed by atoms with E-state index in [1.165, 1.54) is 12.0 Å². The highest BCUT2D eigenvalue weighted by atomic mass is 35.5. The minimum atomic E-state index is 0. The molecule has 1 aliphatic heterocycles. The first-order chi connectivity index (χ1) is 10.2. The van der Waals surface area contributed by atoms with Gasteiger partial charge in [-0.15, -0.1) is 12.4 Å². The molecule has 1 aromatic carbocycles. The summed E-state index contributed by atoms with van der Waals surface area (Å²) in [5.74, 6) is 1.70. The van der Waals surface area contributed by atoms with Gasteiger partial charge < -0.3 is 15.4 Å². The molecule has 2 unspecified atom stereocenters. The van der Waals surface area contributed by atoms with Gasteiger partial charge in [-0.3, -0.25) is 4.79 Å². The number of hydrogen-bond donors (Lipinski definition) is 2. The molecule has 0 aromatic heterocycles. The second kappa shape index (κ2) is 9.70. The maximum Gasteiger partial charge on any atom is 0.220 e. The van der Waals surface area contributed by atoms with Crippen LogP contribution in [0.25, 0.3) is 0 Å². The van der Waals surface area contributed by atoms with Gasteiger partial charge in [-0.1, -0.05) is 12.1 Å². The fraction of sp³-hybridized carbons (Fsp3) is 0.588. The van der Waals surface area contributed by atoms with E-state index in [4.69, 9.17) is 4.74 Å². The Balaban J connectivity index is 0.00000242. The molecule has 124 valence electrons. The molecule has 0 aliphatic carbocycles. The standard InChI is InChI=1S/C17H26N2O2.ClH/c1-13(10-15-4-3-5-16(11-15)21-2)19-17(20)7-6-14-8-9-18-12-14;/h3-5,11,13-14,18H,6-10,12H2,1-2H3,(H,19,20);1H. The second-order valence-electron chi connectivity index (χ2n) is 5.92. The maximum atomic E-state index is 12.0. The number of rotatable bonds is 7. The van der Waals surface area contributed by atoms with Gasteiger partial charge in [-0.2, -0.15) is 0 Å². The number of amides is 1. The van der Waals surface area contributed by atoms with Crippen molar-refractivity contribution in [1.29, 1.82) is 0 Å². The van der Waals surface area contributed by atoms with Crippen LogP contribution in [-0.4, -0.2) is 32.1 Å². The first kappa shape index (κ1) is 18.8. The van der Waals surface area contributed by atoms with Crippen LogP contribution in [0.5, 0.6) is 5.75 Å². The molecule has 0 bridgehead atoms. The highest BCUT2D eigenvalue weighted by molar-refractivity contribution is 5.85. The van der Waals surface area contributed by atoms with Crippen LogP contribution in [0.1, 0.15) is 31.7 Å². The normalized spacial score (nSPS) is 18.4.